The Morgan fingerprint density at radius 3 is 1.72 bits per heavy atom. The van der Waals surface area contributed by atoms with Crippen LogP contribution in [0.1, 0.15) is 16.7 Å². The van der Waals surface area contributed by atoms with Gasteiger partial charge in [-0.2, -0.15) is 0 Å². The molecule has 0 nitrogen and oxygen atoms in total. The molecule has 0 aliphatic rings. The zero-order valence-electron chi connectivity index (χ0n) is 9.29. The lowest BCUT2D eigenvalue weighted by atomic mass is 10.0. The van der Waals surface area contributed by atoms with Gasteiger partial charge < -0.3 is 0 Å². The highest BCUT2D eigenvalue weighted by Gasteiger charge is 2.39. The van der Waals surface area contributed by atoms with Crippen molar-refractivity contribution >= 4 is 50.8 Å². The third-order valence-corrected chi connectivity index (χ3v) is 6.20. The van der Waals surface area contributed by atoms with Crippen LogP contribution >= 0.6 is 44.8 Å². The number of rotatable bonds is 3. The Morgan fingerprint density at radius 2 is 1.22 bits per heavy atom. The summed E-state index contributed by atoms with van der Waals surface area (Å²) in [5.41, 5.74) is 1.82. The van der Waals surface area contributed by atoms with Gasteiger partial charge in [-0.1, -0.05) is 54.1 Å². The fourth-order valence-electron chi connectivity index (χ4n) is 1.87. The van der Waals surface area contributed by atoms with E-state index in [1.165, 1.54) is 0 Å². The van der Waals surface area contributed by atoms with Crippen LogP contribution < -0.4 is 0 Å². The van der Waals surface area contributed by atoms with E-state index in [1.807, 2.05) is 54.6 Å². The standard InChI is InChI=1S/C13H10Cl4Si/c14-12-8-6-11(7-9-12)13(18(15,16)17)10-4-2-1-3-5-10/h1-9,13H. The predicted octanol–water partition coefficient (Wildman–Crippen LogP) is 5.67. The number of hydrogen-bond acceptors (Lipinski definition) is 0. The van der Waals surface area contributed by atoms with Crippen molar-refractivity contribution in [2.45, 2.75) is 5.54 Å². The fraction of sp³-hybridized carbons (Fsp3) is 0.0769. The zero-order valence-corrected chi connectivity index (χ0v) is 13.3. The van der Waals surface area contributed by atoms with Gasteiger partial charge in [-0.25, -0.2) is 0 Å². The van der Waals surface area contributed by atoms with Gasteiger partial charge >= 0.3 is 6.00 Å². The molecule has 18 heavy (non-hydrogen) atoms. The molecule has 0 saturated heterocycles. The highest BCUT2D eigenvalue weighted by Crippen LogP contribution is 2.41. The lowest BCUT2D eigenvalue weighted by Gasteiger charge is -2.23. The van der Waals surface area contributed by atoms with Crippen molar-refractivity contribution in [2.75, 3.05) is 0 Å². The predicted molar refractivity (Wildman–Crippen MR) is 83.1 cm³/mol. The maximum absolute atomic E-state index is 6.24. The molecule has 2 rings (SSSR count). The number of halogens is 4. The van der Waals surface area contributed by atoms with Crippen molar-refractivity contribution in [3.63, 3.8) is 0 Å². The van der Waals surface area contributed by atoms with Crippen molar-refractivity contribution in [2.24, 2.45) is 0 Å². The minimum absolute atomic E-state index is 0.180. The monoisotopic (exact) mass is 334 g/mol. The molecular formula is C13H10Cl4Si. The molecule has 2 aromatic rings. The van der Waals surface area contributed by atoms with E-state index in [0.29, 0.717) is 5.02 Å². The van der Waals surface area contributed by atoms with Crippen LogP contribution in [0.25, 0.3) is 0 Å². The third kappa shape index (κ3) is 3.43. The molecule has 0 N–H and O–H groups in total. The third-order valence-electron chi connectivity index (χ3n) is 2.66. The van der Waals surface area contributed by atoms with Crippen LogP contribution in [0.15, 0.2) is 54.6 Å². The van der Waals surface area contributed by atoms with E-state index < -0.39 is 6.00 Å². The number of hydrogen-bond donors (Lipinski definition) is 0. The van der Waals surface area contributed by atoms with E-state index in [4.69, 9.17) is 44.8 Å². The van der Waals surface area contributed by atoms with Crippen molar-refractivity contribution in [1.82, 2.24) is 0 Å². The maximum Gasteiger partial charge on any atom is 0.352 e. The van der Waals surface area contributed by atoms with E-state index in [2.05, 4.69) is 0 Å². The summed E-state index contributed by atoms with van der Waals surface area (Å²) >= 11 is 24.6. The van der Waals surface area contributed by atoms with Gasteiger partial charge in [0.05, 0.1) is 0 Å². The Kier molecular flexibility index (Phi) is 4.63. The molecule has 94 valence electrons. The molecule has 0 radical (unpaired) electrons. The molecule has 0 saturated carbocycles. The first-order valence-electron chi connectivity index (χ1n) is 5.35. The van der Waals surface area contributed by atoms with Gasteiger partial charge in [0.1, 0.15) is 0 Å². The van der Waals surface area contributed by atoms with E-state index >= 15 is 0 Å². The van der Waals surface area contributed by atoms with E-state index in [-0.39, 0.29) is 5.54 Å². The molecule has 1 unspecified atom stereocenters. The second kappa shape index (κ2) is 5.85. The van der Waals surface area contributed by atoms with Crippen LogP contribution in [0.4, 0.5) is 0 Å². The molecule has 0 bridgehead atoms. The van der Waals surface area contributed by atoms with E-state index in [0.717, 1.165) is 11.1 Å². The second-order valence-corrected chi connectivity index (χ2v) is 13.1. The quantitative estimate of drug-likeness (QED) is 0.501. The van der Waals surface area contributed by atoms with Crippen LogP contribution in [0.3, 0.4) is 0 Å². The second-order valence-electron chi connectivity index (χ2n) is 3.94. The summed E-state index contributed by atoms with van der Waals surface area (Å²) in [7, 11) is 0. The Bertz CT molecular complexity index is 505. The minimum atomic E-state index is -2.91. The Hall–Kier alpha value is -0.183. The largest absolute Gasteiger partial charge is 0.352 e. The SMILES string of the molecule is Clc1ccc(C(c2ccccc2)[Si](Cl)(Cl)Cl)cc1. The van der Waals surface area contributed by atoms with Crippen molar-refractivity contribution in [1.29, 1.82) is 0 Å². The van der Waals surface area contributed by atoms with Crippen LogP contribution in [0.5, 0.6) is 0 Å². The van der Waals surface area contributed by atoms with E-state index in [1.54, 1.807) is 0 Å². The van der Waals surface area contributed by atoms with Crippen LogP contribution in [-0.4, -0.2) is 6.00 Å². The average Bonchev–Trinajstić information content (AvgIpc) is 2.32. The van der Waals surface area contributed by atoms with Crippen LogP contribution in [0, 0.1) is 0 Å². The Labute approximate surface area is 127 Å². The zero-order chi connectivity index (χ0) is 13.2. The van der Waals surface area contributed by atoms with Gasteiger partial charge in [-0.15, -0.1) is 33.2 Å². The summed E-state index contributed by atoms with van der Waals surface area (Å²) in [6.07, 6.45) is 0. The summed E-state index contributed by atoms with van der Waals surface area (Å²) < 4.78 is 0. The first kappa shape index (κ1) is 14.2. The molecule has 0 heterocycles. The van der Waals surface area contributed by atoms with Crippen molar-refractivity contribution < 1.29 is 0 Å². The smallest absolute Gasteiger partial charge is 0.125 e. The molecule has 0 fully saturated rings. The normalized spacial score (nSPS) is 13.3. The first-order chi connectivity index (χ1) is 8.48. The fourth-order valence-corrected chi connectivity index (χ4v) is 5.41. The lowest BCUT2D eigenvalue weighted by molar-refractivity contribution is 1.12. The summed E-state index contributed by atoms with van der Waals surface area (Å²) in [4.78, 5) is 0. The van der Waals surface area contributed by atoms with Gasteiger partial charge in [0.2, 0.25) is 0 Å². The van der Waals surface area contributed by atoms with Crippen molar-refractivity contribution in [3.05, 3.63) is 70.7 Å². The molecule has 0 spiro atoms. The van der Waals surface area contributed by atoms with Crippen molar-refractivity contribution in [3.8, 4) is 0 Å². The highest BCUT2D eigenvalue weighted by atomic mass is 35.8. The average molecular weight is 336 g/mol. The Balaban J connectivity index is 2.47. The molecule has 1 atom stereocenters. The molecule has 0 aliphatic heterocycles. The first-order valence-corrected chi connectivity index (χ1v) is 10.8. The summed E-state index contributed by atoms with van der Waals surface area (Å²) in [5, 5.41) is 0.677. The molecule has 0 amide bonds. The maximum atomic E-state index is 6.24. The molecule has 2 aromatic carbocycles. The summed E-state index contributed by atoms with van der Waals surface area (Å²) in [6, 6.07) is 14.3. The van der Waals surface area contributed by atoms with Gasteiger partial charge in [-0.3, -0.25) is 0 Å². The molecular weight excluding hydrogens is 326 g/mol. The highest BCUT2D eigenvalue weighted by molar-refractivity contribution is 7.65. The topological polar surface area (TPSA) is 0 Å². The van der Waals surface area contributed by atoms with Crippen LogP contribution in [0.2, 0.25) is 5.02 Å². The minimum Gasteiger partial charge on any atom is -0.125 e. The van der Waals surface area contributed by atoms with Gasteiger partial charge in [0, 0.05) is 10.6 Å². The number of benzene rings is 2. The molecule has 5 heteroatoms. The van der Waals surface area contributed by atoms with Crippen LogP contribution in [-0.2, 0) is 0 Å². The summed E-state index contributed by atoms with van der Waals surface area (Å²) in [6.45, 7) is 0. The van der Waals surface area contributed by atoms with Gasteiger partial charge in [0.15, 0.2) is 0 Å². The molecule has 0 aromatic heterocycles. The van der Waals surface area contributed by atoms with Gasteiger partial charge in [-0.05, 0) is 23.3 Å². The summed E-state index contributed by atoms with van der Waals surface area (Å²) in [5.74, 6) is 0. The van der Waals surface area contributed by atoms with E-state index in [9.17, 15) is 0 Å². The Morgan fingerprint density at radius 1 is 0.722 bits per heavy atom. The lowest BCUT2D eigenvalue weighted by Crippen LogP contribution is -2.24. The van der Waals surface area contributed by atoms with Gasteiger partial charge in [0.25, 0.3) is 0 Å². The molecule has 0 aliphatic carbocycles.